The molecule has 1 heterocycles. The first-order valence-corrected chi connectivity index (χ1v) is 7.14. The molecule has 1 aromatic heterocycles. The van der Waals surface area contributed by atoms with Crippen LogP contribution < -0.4 is 0 Å². The number of rotatable bonds is 3. The van der Waals surface area contributed by atoms with Crippen molar-refractivity contribution in [1.29, 1.82) is 5.26 Å². The zero-order valence-corrected chi connectivity index (χ0v) is 11.2. The van der Waals surface area contributed by atoms with Gasteiger partial charge in [-0.25, -0.2) is 4.68 Å². The standard InChI is InChI=1S/C13H13N5S/c14-9-10-4-3-7-12(8-10)19-13-15-16-17-18(13)11-5-1-2-6-11/h3-4,7-8,11H,1-2,5-6H2. The van der Waals surface area contributed by atoms with Crippen molar-refractivity contribution in [2.45, 2.75) is 41.8 Å². The van der Waals surface area contributed by atoms with Crippen LogP contribution >= 0.6 is 11.8 Å². The molecule has 0 N–H and O–H groups in total. The molecule has 96 valence electrons. The smallest absolute Gasteiger partial charge is 0.214 e. The van der Waals surface area contributed by atoms with E-state index in [4.69, 9.17) is 5.26 Å². The predicted molar refractivity (Wildman–Crippen MR) is 70.6 cm³/mol. The highest BCUT2D eigenvalue weighted by atomic mass is 32.2. The van der Waals surface area contributed by atoms with Crippen LogP contribution in [0.2, 0.25) is 0 Å². The average Bonchev–Trinajstić information content (AvgIpc) is 3.09. The number of hydrogen-bond donors (Lipinski definition) is 0. The number of hydrogen-bond acceptors (Lipinski definition) is 5. The minimum atomic E-state index is 0.427. The van der Waals surface area contributed by atoms with E-state index in [1.807, 2.05) is 22.9 Å². The van der Waals surface area contributed by atoms with Gasteiger partial charge in [-0.2, -0.15) is 5.26 Å². The van der Waals surface area contributed by atoms with Crippen LogP contribution in [0.4, 0.5) is 0 Å². The Morgan fingerprint density at radius 3 is 2.95 bits per heavy atom. The highest BCUT2D eigenvalue weighted by molar-refractivity contribution is 7.99. The molecular formula is C13H13N5S. The van der Waals surface area contributed by atoms with Gasteiger partial charge in [0.05, 0.1) is 17.7 Å². The molecule has 0 amide bonds. The molecule has 0 bridgehead atoms. The maximum Gasteiger partial charge on any atom is 0.214 e. The Kier molecular flexibility index (Phi) is 3.47. The molecule has 1 aliphatic carbocycles. The average molecular weight is 271 g/mol. The summed E-state index contributed by atoms with van der Waals surface area (Å²) in [5.41, 5.74) is 0.657. The van der Waals surface area contributed by atoms with E-state index in [1.165, 1.54) is 24.6 Å². The Balaban J connectivity index is 1.83. The normalized spacial score (nSPS) is 15.5. The van der Waals surface area contributed by atoms with Gasteiger partial charge in [0.1, 0.15) is 0 Å². The van der Waals surface area contributed by atoms with Crippen molar-refractivity contribution in [2.24, 2.45) is 0 Å². The minimum Gasteiger partial charge on any atom is -0.217 e. The molecule has 19 heavy (non-hydrogen) atoms. The molecule has 0 spiro atoms. The molecule has 0 atom stereocenters. The third-order valence-electron chi connectivity index (χ3n) is 3.31. The minimum absolute atomic E-state index is 0.427. The Morgan fingerprint density at radius 1 is 1.32 bits per heavy atom. The summed E-state index contributed by atoms with van der Waals surface area (Å²) in [6.07, 6.45) is 4.80. The Labute approximate surface area is 115 Å². The van der Waals surface area contributed by atoms with E-state index in [1.54, 1.807) is 6.07 Å². The lowest BCUT2D eigenvalue weighted by Gasteiger charge is -2.10. The van der Waals surface area contributed by atoms with Crippen molar-refractivity contribution in [3.8, 4) is 6.07 Å². The van der Waals surface area contributed by atoms with Crippen LogP contribution in [0.3, 0.4) is 0 Å². The van der Waals surface area contributed by atoms with Crippen LogP contribution in [0.25, 0.3) is 0 Å². The molecule has 2 aromatic rings. The van der Waals surface area contributed by atoms with E-state index in [9.17, 15) is 0 Å². The fourth-order valence-corrected chi connectivity index (χ4v) is 3.26. The van der Waals surface area contributed by atoms with E-state index in [-0.39, 0.29) is 0 Å². The van der Waals surface area contributed by atoms with Gasteiger partial charge in [0.25, 0.3) is 0 Å². The van der Waals surface area contributed by atoms with E-state index < -0.39 is 0 Å². The van der Waals surface area contributed by atoms with Gasteiger partial charge in [0.15, 0.2) is 0 Å². The summed E-state index contributed by atoms with van der Waals surface area (Å²) in [4.78, 5) is 0.994. The summed E-state index contributed by atoms with van der Waals surface area (Å²) in [6, 6.07) is 10.1. The highest BCUT2D eigenvalue weighted by Crippen LogP contribution is 2.33. The lowest BCUT2D eigenvalue weighted by molar-refractivity contribution is 0.423. The fraction of sp³-hybridized carbons (Fsp3) is 0.385. The summed E-state index contributed by atoms with van der Waals surface area (Å²) >= 11 is 1.51. The maximum absolute atomic E-state index is 8.91. The summed E-state index contributed by atoms with van der Waals surface area (Å²) < 4.78 is 1.93. The van der Waals surface area contributed by atoms with Crippen LogP contribution in [0.15, 0.2) is 34.3 Å². The summed E-state index contributed by atoms with van der Waals surface area (Å²) in [5, 5.41) is 21.7. The highest BCUT2D eigenvalue weighted by Gasteiger charge is 2.21. The Bertz CT molecular complexity index is 609. The van der Waals surface area contributed by atoms with Gasteiger partial charge in [0.2, 0.25) is 5.16 Å². The van der Waals surface area contributed by atoms with Crippen molar-refractivity contribution in [3.05, 3.63) is 29.8 Å². The fourth-order valence-electron chi connectivity index (χ4n) is 2.37. The summed E-state index contributed by atoms with van der Waals surface area (Å²) in [6.45, 7) is 0. The molecule has 0 radical (unpaired) electrons. The number of nitrogens with zero attached hydrogens (tertiary/aromatic N) is 5. The summed E-state index contributed by atoms with van der Waals surface area (Å²) in [7, 11) is 0. The topological polar surface area (TPSA) is 67.4 Å². The van der Waals surface area contributed by atoms with Gasteiger partial charge in [-0.1, -0.05) is 18.9 Å². The van der Waals surface area contributed by atoms with Crippen LogP contribution in [0, 0.1) is 11.3 Å². The lowest BCUT2D eigenvalue weighted by atomic mass is 10.2. The number of tetrazole rings is 1. The molecule has 1 saturated carbocycles. The second-order valence-corrected chi connectivity index (χ2v) is 5.63. The van der Waals surface area contributed by atoms with Crippen molar-refractivity contribution in [3.63, 3.8) is 0 Å². The van der Waals surface area contributed by atoms with E-state index in [0.717, 1.165) is 22.9 Å². The Hall–Kier alpha value is -1.87. The number of aromatic nitrogens is 4. The van der Waals surface area contributed by atoms with Crippen molar-refractivity contribution < 1.29 is 0 Å². The number of nitriles is 1. The first kappa shape index (κ1) is 12.2. The zero-order chi connectivity index (χ0) is 13.1. The van der Waals surface area contributed by atoms with Crippen LogP contribution in [-0.4, -0.2) is 20.2 Å². The van der Waals surface area contributed by atoms with E-state index >= 15 is 0 Å². The molecule has 0 saturated heterocycles. The van der Waals surface area contributed by atoms with E-state index in [0.29, 0.717) is 11.6 Å². The second-order valence-electron chi connectivity index (χ2n) is 4.59. The third-order valence-corrected chi connectivity index (χ3v) is 4.25. The predicted octanol–water partition coefficient (Wildman–Crippen LogP) is 2.81. The first-order valence-electron chi connectivity index (χ1n) is 6.33. The monoisotopic (exact) mass is 271 g/mol. The van der Waals surface area contributed by atoms with Crippen LogP contribution in [-0.2, 0) is 0 Å². The largest absolute Gasteiger partial charge is 0.217 e. The van der Waals surface area contributed by atoms with Gasteiger partial charge >= 0.3 is 0 Å². The first-order chi connectivity index (χ1) is 9.36. The van der Waals surface area contributed by atoms with Gasteiger partial charge in [0, 0.05) is 4.90 Å². The van der Waals surface area contributed by atoms with Crippen molar-refractivity contribution in [2.75, 3.05) is 0 Å². The molecule has 5 nitrogen and oxygen atoms in total. The summed E-state index contributed by atoms with van der Waals surface area (Å²) in [5.74, 6) is 0. The lowest BCUT2D eigenvalue weighted by Crippen LogP contribution is -2.08. The van der Waals surface area contributed by atoms with Crippen molar-refractivity contribution in [1.82, 2.24) is 20.2 Å². The van der Waals surface area contributed by atoms with Gasteiger partial charge < -0.3 is 0 Å². The zero-order valence-electron chi connectivity index (χ0n) is 10.4. The van der Waals surface area contributed by atoms with Gasteiger partial charge in [-0.3, -0.25) is 0 Å². The Morgan fingerprint density at radius 2 is 2.16 bits per heavy atom. The van der Waals surface area contributed by atoms with Gasteiger partial charge in [-0.05, 0) is 53.2 Å². The molecular weight excluding hydrogens is 258 g/mol. The second kappa shape index (κ2) is 5.41. The molecule has 1 aromatic carbocycles. The third kappa shape index (κ3) is 2.61. The molecule has 0 aliphatic heterocycles. The van der Waals surface area contributed by atoms with E-state index in [2.05, 4.69) is 21.6 Å². The number of benzene rings is 1. The SMILES string of the molecule is N#Cc1cccc(Sc2nnnn2C2CCCC2)c1. The molecule has 1 aliphatic rings. The van der Waals surface area contributed by atoms with Crippen LogP contribution in [0.1, 0.15) is 37.3 Å². The molecule has 1 fully saturated rings. The van der Waals surface area contributed by atoms with Gasteiger partial charge in [-0.15, -0.1) is 5.10 Å². The van der Waals surface area contributed by atoms with Crippen molar-refractivity contribution >= 4 is 11.8 Å². The molecule has 6 heteroatoms. The quantitative estimate of drug-likeness (QED) is 0.858. The molecule has 0 unspecified atom stereocenters. The van der Waals surface area contributed by atoms with Crippen LogP contribution in [0.5, 0.6) is 0 Å². The molecule has 3 rings (SSSR count). The maximum atomic E-state index is 8.91.